The number of hydrogen-bond donors (Lipinski definition) is 0. The van der Waals surface area contributed by atoms with E-state index in [1.165, 1.54) is 0 Å². The van der Waals surface area contributed by atoms with Crippen molar-refractivity contribution in [3.05, 3.63) is 25.1 Å². The Morgan fingerprint density at radius 2 is 1.39 bits per heavy atom. The van der Waals surface area contributed by atoms with Crippen molar-refractivity contribution in [3.63, 3.8) is 0 Å². The Hall–Kier alpha value is -0.190. The average molecular weight is 346 g/mol. The van der Waals surface area contributed by atoms with E-state index in [1.807, 2.05) is 0 Å². The number of halogens is 5. The summed E-state index contributed by atoms with van der Waals surface area (Å²) in [4.78, 5) is 11.8. The molecule has 1 amide bonds. The second kappa shape index (κ2) is 5.06. The lowest BCUT2D eigenvalue weighted by molar-refractivity contribution is -0.116. The lowest BCUT2D eigenvalue weighted by atomic mass is 10.2. The number of carbonyl (C=O) groups excluding carboxylic acids is 1. The lowest BCUT2D eigenvalue weighted by Crippen LogP contribution is -2.20. The summed E-state index contributed by atoms with van der Waals surface area (Å²) in [5, 5.41) is 5.34. The van der Waals surface area contributed by atoms with E-state index < -0.39 is 0 Å². The van der Waals surface area contributed by atoms with Crippen LogP contribution in [0.4, 0.5) is 5.69 Å². The normalized spacial score (nSPS) is 15.3. The van der Waals surface area contributed by atoms with E-state index in [9.17, 15) is 4.79 Å². The summed E-state index contributed by atoms with van der Waals surface area (Å²) < 4.78 is 0. The first-order chi connectivity index (χ1) is 8.34. The van der Waals surface area contributed by atoms with Crippen molar-refractivity contribution in [1.82, 2.24) is 0 Å². The van der Waals surface area contributed by atoms with E-state index in [0.29, 0.717) is 5.71 Å². The molecule has 96 valence electrons. The molecule has 18 heavy (non-hydrogen) atoms. The van der Waals surface area contributed by atoms with Gasteiger partial charge in [-0.1, -0.05) is 58.0 Å². The zero-order valence-electron chi connectivity index (χ0n) is 8.90. The number of hydrazone groups is 1. The van der Waals surface area contributed by atoms with E-state index in [4.69, 9.17) is 58.0 Å². The smallest absolute Gasteiger partial charge is 0.253 e. The van der Waals surface area contributed by atoms with Gasteiger partial charge in [0.15, 0.2) is 0 Å². The van der Waals surface area contributed by atoms with Crippen LogP contribution in [0.3, 0.4) is 0 Å². The van der Waals surface area contributed by atoms with Gasteiger partial charge in [0.2, 0.25) is 0 Å². The molecule has 1 aliphatic rings. The standard InChI is InChI=1S/C10H5Cl5N2O/c1-3-2-4(18)17(16-3)10-8(14)6(12)5(11)7(13)9(10)15/h2H2,1H3. The molecule has 0 radical (unpaired) electrons. The van der Waals surface area contributed by atoms with Crippen LogP contribution in [0.2, 0.25) is 25.1 Å². The van der Waals surface area contributed by atoms with Gasteiger partial charge >= 0.3 is 0 Å². The summed E-state index contributed by atoms with van der Waals surface area (Å²) >= 11 is 29.8. The Labute approximate surface area is 128 Å². The van der Waals surface area contributed by atoms with Gasteiger partial charge in [-0.05, 0) is 6.92 Å². The molecule has 0 atom stereocenters. The number of nitrogens with zero attached hydrogens (tertiary/aromatic N) is 2. The molecule has 0 spiro atoms. The molecule has 0 N–H and O–H groups in total. The number of rotatable bonds is 1. The molecule has 1 heterocycles. The van der Waals surface area contributed by atoms with Gasteiger partial charge < -0.3 is 0 Å². The second-order valence-electron chi connectivity index (χ2n) is 3.64. The molecule has 1 aromatic rings. The number of carbonyl (C=O) groups is 1. The maximum atomic E-state index is 11.8. The molecule has 0 saturated carbocycles. The molecule has 0 bridgehead atoms. The van der Waals surface area contributed by atoms with Gasteiger partial charge in [-0.2, -0.15) is 10.1 Å². The minimum absolute atomic E-state index is 0.0373. The minimum Gasteiger partial charge on any atom is -0.272 e. The van der Waals surface area contributed by atoms with Crippen molar-refractivity contribution in [2.45, 2.75) is 13.3 Å². The topological polar surface area (TPSA) is 32.7 Å². The second-order valence-corrected chi connectivity index (χ2v) is 5.53. The van der Waals surface area contributed by atoms with Crippen molar-refractivity contribution in [3.8, 4) is 0 Å². The summed E-state index contributed by atoms with van der Waals surface area (Å²) in [5.41, 5.74) is 0.800. The molecular formula is C10H5Cl5N2O. The first kappa shape index (κ1) is 14.2. The highest BCUT2D eigenvalue weighted by molar-refractivity contribution is 6.56. The first-order valence-corrected chi connectivity index (χ1v) is 6.62. The van der Waals surface area contributed by atoms with Crippen LogP contribution in [0.1, 0.15) is 13.3 Å². The van der Waals surface area contributed by atoms with E-state index in [0.717, 1.165) is 5.01 Å². The SMILES string of the molecule is CC1=NN(c2c(Cl)c(Cl)c(Cl)c(Cl)c2Cl)C(=O)C1. The van der Waals surface area contributed by atoms with Crippen LogP contribution in [0.5, 0.6) is 0 Å². The number of anilines is 1. The fourth-order valence-corrected chi connectivity index (χ4v) is 2.80. The fourth-order valence-electron chi connectivity index (χ4n) is 1.51. The van der Waals surface area contributed by atoms with Crippen LogP contribution >= 0.6 is 58.0 Å². The average Bonchev–Trinajstić information content (AvgIpc) is 2.64. The maximum Gasteiger partial charge on any atom is 0.253 e. The summed E-state index contributed by atoms with van der Waals surface area (Å²) in [6, 6.07) is 0. The molecular weight excluding hydrogens is 341 g/mol. The molecule has 0 aliphatic carbocycles. The summed E-state index contributed by atoms with van der Waals surface area (Å²) in [6.07, 6.45) is 0.199. The van der Waals surface area contributed by atoms with Gasteiger partial charge in [0.25, 0.3) is 5.91 Å². The zero-order chi connectivity index (χ0) is 13.6. The monoisotopic (exact) mass is 344 g/mol. The van der Waals surface area contributed by atoms with E-state index in [1.54, 1.807) is 6.92 Å². The van der Waals surface area contributed by atoms with E-state index in [-0.39, 0.29) is 43.1 Å². The van der Waals surface area contributed by atoms with Crippen molar-refractivity contribution in [1.29, 1.82) is 0 Å². The molecule has 0 unspecified atom stereocenters. The van der Waals surface area contributed by atoms with Gasteiger partial charge in [-0.15, -0.1) is 0 Å². The van der Waals surface area contributed by atoms with Crippen LogP contribution in [0.25, 0.3) is 0 Å². The highest BCUT2D eigenvalue weighted by Gasteiger charge is 2.30. The predicted octanol–water partition coefficient (Wildman–Crippen LogP) is 5.07. The molecule has 0 fully saturated rings. The largest absolute Gasteiger partial charge is 0.272 e. The van der Waals surface area contributed by atoms with Crippen molar-refractivity contribution < 1.29 is 4.79 Å². The number of benzene rings is 1. The molecule has 0 saturated heterocycles. The Balaban J connectivity index is 2.69. The van der Waals surface area contributed by atoms with Gasteiger partial charge in [0, 0.05) is 5.71 Å². The quantitative estimate of drug-likeness (QED) is 0.516. The van der Waals surface area contributed by atoms with Crippen molar-refractivity contribution in [2.24, 2.45) is 5.10 Å². The van der Waals surface area contributed by atoms with Crippen LogP contribution < -0.4 is 5.01 Å². The van der Waals surface area contributed by atoms with E-state index in [2.05, 4.69) is 5.10 Å². The number of amides is 1. The molecule has 3 nitrogen and oxygen atoms in total. The third kappa shape index (κ3) is 2.19. The zero-order valence-corrected chi connectivity index (χ0v) is 12.7. The Morgan fingerprint density at radius 3 is 1.78 bits per heavy atom. The van der Waals surface area contributed by atoms with Crippen LogP contribution in [-0.4, -0.2) is 11.6 Å². The van der Waals surface area contributed by atoms with Gasteiger partial charge in [0.1, 0.15) is 5.69 Å². The molecule has 8 heteroatoms. The highest BCUT2D eigenvalue weighted by Crippen LogP contribution is 2.49. The molecule has 2 rings (SSSR count). The van der Waals surface area contributed by atoms with Crippen LogP contribution in [-0.2, 0) is 4.79 Å². The Bertz CT molecular complexity index is 555. The maximum absolute atomic E-state index is 11.8. The summed E-state index contributed by atoms with van der Waals surface area (Å²) in [7, 11) is 0. The van der Waals surface area contributed by atoms with Crippen molar-refractivity contribution >= 4 is 75.3 Å². The van der Waals surface area contributed by atoms with Crippen molar-refractivity contribution in [2.75, 3.05) is 5.01 Å². The third-order valence-corrected chi connectivity index (χ3v) is 4.57. The first-order valence-electron chi connectivity index (χ1n) is 4.73. The van der Waals surface area contributed by atoms with Gasteiger partial charge in [0.05, 0.1) is 31.5 Å². The Kier molecular flexibility index (Phi) is 4.00. The molecule has 1 aromatic carbocycles. The van der Waals surface area contributed by atoms with Gasteiger partial charge in [-0.25, -0.2) is 0 Å². The third-order valence-electron chi connectivity index (χ3n) is 2.31. The predicted molar refractivity (Wildman–Crippen MR) is 76.7 cm³/mol. The van der Waals surface area contributed by atoms with Crippen LogP contribution in [0, 0.1) is 0 Å². The van der Waals surface area contributed by atoms with Gasteiger partial charge in [-0.3, -0.25) is 4.79 Å². The van der Waals surface area contributed by atoms with E-state index >= 15 is 0 Å². The molecule has 1 aliphatic heterocycles. The highest BCUT2D eigenvalue weighted by atomic mass is 35.5. The summed E-state index contributed by atoms with van der Waals surface area (Å²) in [6.45, 7) is 1.72. The lowest BCUT2D eigenvalue weighted by Gasteiger charge is -2.18. The Morgan fingerprint density at radius 1 is 0.944 bits per heavy atom. The van der Waals surface area contributed by atoms with Crippen LogP contribution in [0.15, 0.2) is 5.10 Å². The summed E-state index contributed by atoms with van der Waals surface area (Å²) in [5.74, 6) is -0.259. The fraction of sp³-hybridized carbons (Fsp3) is 0.200. The molecule has 0 aromatic heterocycles. The minimum atomic E-state index is -0.259. The number of hydrogen-bond acceptors (Lipinski definition) is 2.